The number of nitrogens with zero attached hydrogens (tertiary/aromatic N) is 1. The van der Waals surface area contributed by atoms with Crippen LogP contribution in [0.1, 0.15) is 27.1 Å². The molecule has 0 fully saturated rings. The number of carboxylic acid groups (broad SMARTS) is 1. The van der Waals surface area contributed by atoms with E-state index < -0.39 is 15.8 Å². The van der Waals surface area contributed by atoms with Crippen LogP contribution in [0.25, 0.3) is 0 Å². The van der Waals surface area contributed by atoms with Crippen molar-refractivity contribution in [1.29, 1.82) is 0 Å². The Morgan fingerprint density at radius 3 is 2.30 bits per heavy atom. The third kappa shape index (κ3) is 5.82. The summed E-state index contributed by atoms with van der Waals surface area (Å²) in [6.45, 7) is 0.758. The Kier molecular flexibility index (Phi) is 6.57. The van der Waals surface area contributed by atoms with Gasteiger partial charge in [-0.15, -0.1) is 0 Å². The molecule has 8 heteroatoms. The van der Waals surface area contributed by atoms with Crippen molar-refractivity contribution >= 4 is 21.7 Å². The fourth-order valence-electron chi connectivity index (χ4n) is 2.36. The topological polar surface area (TPSA) is 101 Å². The smallest absolute Gasteiger partial charge is 0.335 e. The first-order chi connectivity index (χ1) is 12.7. The van der Waals surface area contributed by atoms with Gasteiger partial charge >= 0.3 is 5.97 Å². The van der Waals surface area contributed by atoms with Gasteiger partial charge in [0.2, 0.25) is 0 Å². The van der Waals surface area contributed by atoms with Crippen molar-refractivity contribution in [2.24, 2.45) is 0 Å². The Morgan fingerprint density at radius 1 is 1.07 bits per heavy atom. The Hall–Kier alpha value is -2.87. The molecule has 27 heavy (non-hydrogen) atoms. The normalized spacial score (nSPS) is 11.0. The van der Waals surface area contributed by atoms with E-state index in [-0.39, 0.29) is 16.4 Å². The predicted octanol–water partition coefficient (Wildman–Crippen LogP) is 2.33. The number of hydrogen-bond acceptors (Lipinski definition) is 5. The molecule has 0 spiro atoms. The molecule has 0 saturated carbocycles. The molecule has 7 nitrogen and oxygen atoms in total. The van der Waals surface area contributed by atoms with E-state index in [1.54, 1.807) is 19.2 Å². The molecule has 0 aliphatic carbocycles. The third-order valence-electron chi connectivity index (χ3n) is 3.87. The quantitative estimate of drug-likeness (QED) is 0.693. The number of aromatic carboxylic acids is 1. The molecule has 0 heterocycles. The lowest BCUT2D eigenvalue weighted by molar-refractivity contribution is 0.0695. The van der Waals surface area contributed by atoms with E-state index >= 15 is 0 Å². The minimum Gasteiger partial charge on any atom is -0.493 e. The van der Waals surface area contributed by atoms with Gasteiger partial charge in [0.25, 0.3) is 5.91 Å². The Balaban J connectivity index is 1.84. The van der Waals surface area contributed by atoms with Crippen LogP contribution < -0.4 is 4.74 Å². The monoisotopic (exact) mass is 391 g/mol. The number of carbonyl (C=O) groups excluding carboxylic acids is 1. The molecule has 1 N–H and O–H groups in total. The Labute approximate surface area is 158 Å². The fraction of sp³-hybridized carbons (Fsp3) is 0.263. The van der Waals surface area contributed by atoms with Crippen molar-refractivity contribution in [3.05, 3.63) is 59.7 Å². The molecule has 0 aliphatic rings. The fourth-order valence-corrected chi connectivity index (χ4v) is 3.02. The van der Waals surface area contributed by atoms with E-state index in [1.807, 2.05) is 0 Å². The Morgan fingerprint density at radius 2 is 1.70 bits per heavy atom. The summed E-state index contributed by atoms with van der Waals surface area (Å²) in [6, 6.07) is 12.0. The lowest BCUT2D eigenvalue weighted by atomic mass is 10.1. The van der Waals surface area contributed by atoms with E-state index in [9.17, 15) is 18.0 Å². The van der Waals surface area contributed by atoms with Crippen LogP contribution in [0, 0.1) is 0 Å². The summed E-state index contributed by atoms with van der Waals surface area (Å²) < 4.78 is 28.6. The van der Waals surface area contributed by atoms with Crippen LogP contribution in [0.3, 0.4) is 0 Å². The van der Waals surface area contributed by atoms with Crippen LogP contribution in [-0.4, -0.2) is 56.8 Å². The molecule has 2 aromatic carbocycles. The van der Waals surface area contributed by atoms with Gasteiger partial charge < -0.3 is 14.7 Å². The van der Waals surface area contributed by atoms with Crippen LogP contribution in [0.5, 0.6) is 5.75 Å². The summed E-state index contributed by atoms with van der Waals surface area (Å²) >= 11 is 0. The van der Waals surface area contributed by atoms with E-state index in [0.29, 0.717) is 30.9 Å². The van der Waals surface area contributed by atoms with E-state index in [1.165, 1.54) is 41.3 Å². The number of hydrogen-bond donors (Lipinski definition) is 1. The number of rotatable bonds is 8. The van der Waals surface area contributed by atoms with Crippen LogP contribution in [-0.2, 0) is 9.84 Å². The molecular formula is C19H21NO6S. The molecule has 2 rings (SSSR count). The van der Waals surface area contributed by atoms with Crippen LogP contribution >= 0.6 is 0 Å². The molecule has 0 aromatic heterocycles. The van der Waals surface area contributed by atoms with E-state index in [2.05, 4.69) is 0 Å². The Bertz CT molecular complexity index is 921. The highest BCUT2D eigenvalue weighted by atomic mass is 32.2. The first kappa shape index (κ1) is 20.4. The van der Waals surface area contributed by atoms with Crippen molar-refractivity contribution in [2.45, 2.75) is 11.3 Å². The van der Waals surface area contributed by atoms with Gasteiger partial charge in [-0.05, 0) is 48.9 Å². The molecule has 2 aromatic rings. The second-order valence-electron chi connectivity index (χ2n) is 6.06. The van der Waals surface area contributed by atoms with Gasteiger partial charge in [0.15, 0.2) is 9.84 Å². The minimum absolute atomic E-state index is 0.124. The number of carboxylic acids is 1. The van der Waals surface area contributed by atoms with Crippen molar-refractivity contribution in [3.63, 3.8) is 0 Å². The average Bonchev–Trinajstić information content (AvgIpc) is 2.64. The molecule has 0 aliphatic heterocycles. The molecule has 0 saturated heterocycles. The van der Waals surface area contributed by atoms with Crippen molar-refractivity contribution in [1.82, 2.24) is 4.90 Å². The summed E-state index contributed by atoms with van der Waals surface area (Å²) in [7, 11) is -1.64. The summed E-state index contributed by atoms with van der Waals surface area (Å²) in [5.74, 6) is -0.804. The average molecular weight is 391 g/mol. The second kappa shape index (κ2) is 8.68. The highest BCUT2D eigenvalue weighted by Crippen LogP contribution is 2.17. The number of sulfone groups is 1. The zero-order valence-electron chi connectivity index (χ0n) is 15.1. The van der Waals surface area contributed by atoms with Crippen LogP contribution in [0.4, 0.5) is 0 Å². The zero-order valence-corrected chi connectivity index (χ0v) is 15.9. The van der Waals surface area contributed by atoms with Gasteiger partial charge in [0, 0.05) is 25.4 Å². The number of ether oxygens (including phenoxy) is 1. The molecule has 0 atom stereocenters. The maximum atomic E-state index is 12.3. The lowest BCUT2D eigenvalue weighted by Gasteiger charge is -2.17. The lowest BCUT2D eigenvalue weighted by Crippen LogP contribution is -2.28. The number of benzene rings is 2. The largest absolute Gasteiger partial charge is 0.493 e. The minimum atomic E-state index is -3.29. The predicted molar refractivity (Wildman–Crippen MR) is 100 cm³/mol. The maximum Gasteiger partial charge on any atom is 0.335 e. The molecule has 0 radical (unpaired) electrons. The molecule has 1 amide bonds. The third-order valence-corrected chi connectivity index (χ3v) is 4.98. The number of amides is 1. The van der Waals surface area contributed by atoms with Gasteiger partial charge in [0.05, 0.1) is 17.1 Å². The number of carbonyl (C=O) groups is 2. The maximum absolute atomic E-state index is 12.3. The molecule has 144 valence electrons. The van der Waals surface area contributed by atoms with Gasteiger partial charge in [0.1, 0.15) is 5.75 Å². The first-order valence-electron chi connectivity index (χ1n) is 8.20. The van der Waals surface area contributed by atoms with Gasteiger partial charge in [-0.25, -0.2) is 13.2 Å². The van der Waals surface area contributed by atoms with Gasteiger partial charge in [-0.2, -0.15) is 0 Å². The SMILES string of the molecule is CN(CCCOc1cccc(S(C)(=O)=O)c1)C(=O)c1ccc(C(=O)O)cc1. The van der Waals surface area contributed by atoms with Crippen LogP contribution in [0.15, 0.2) is 53.4 Å². The summed E-state index contributed by atoms with van der Waals surface area (Å²) in [4.78, 5) is 24.9. The van der Waals surface area contributed by atoms with Gasteiger partial charge in [-0.1, -0.05) is 6.07 Å². The standard InChI is InChI=1S/C19H21NO6S/c1-20(18(21)14-7-9-15(10-8-14)19(22)23)11-4-12-26-16-5-3-6-17(13-16)27(2,24)25/h3,5-10,13H,4,11-12H2,1-2H3,(H,22,23). The van der Waals surface area contributed by atoms with Crippen LogP contribution in [0.2, 0.25) is 0 Å². The summed E-state index contributed by atoms with van der Waals surface area (Å²) in [6.07, 6.45) is 1.69. The molecule has 0 unspecified atom stereocenters. The highest BCUT2D eigenvalue weighted by molar-refractivity contribution is 7.90. The van der Waals surface area contributed by atoms with Crippen molar-refractivity contribution in [3.8, 4) is 5.75 Å². The molecule has 0 bridgehead atoms. The van der Waals surface area contributed by atoms with Crippen molar-refractivity contribution < 1.29 is 27.9 Å². The van der Waals surface area contributed by atoms with Gasteiger partial charge in [-0.3, -0.25) is 4.79 Å². The second-order valence-corrected chi connectivity index (χ2v) is 8.07. The zero-order chi connectivity index (χ0) is 20.0. The first-order valence-corrected chi connectivity index (χ1v) is 10.1. The highest BCUT2D eigenvalue weighted by Gasteiger charge is 2.13. The summed E-state index contributed by atoms with van der Waals surface area (Å²) in [5, 5.41) is 8.88. The van der Waals surface area contributed by atoms with E-state index in [4.69, 9.17) is 9.84 Å². The molecular weight excluding hydrogens is 370 g/mol. The summed E-state index contributed by atoms with van der Waals surface area (Å²) in [5.41, 5.74) is 0.531. The van der Waals surface area contributed by atoms with Crippen molar-refractivity contribution in [2.75, 3.05) is 26.5 Å². The van der Waals surface area contributed by atoms with E-state index in [0.717, 1.165) is 6.26 Å².